The number of hydrogen-bond acceptors (Lipinski definition) is 7. The Kier molecular flexibility index (Phi) is 9.93. The maximum absolute atomic E-state index is 8.76. The topological polar surface area (TPSA) is 97.6 Å². The van der Waals surface area contributed by atoms with Crippen molar-refractivity contribution in [3.05, 3.63) is 35.9 Å². The summed E-state index contributed by atoms with van der Waals surface area (Å²) >= 11 is 0. The zero-order chi connectivity index (χ0) is 16.1. The van der Waals surface area contributed by atoms with E-state index in [1.807, 2.05) is 30.3 Å². The summed E-state index contributed by atoms with van der Waals surface area (Å²) in [4.78, 5) is 8.44. The SMILES string of the molecule is OCCCOCC(COO)(COO)COCc1ccccc1. The smallest absolute Gasteiger partial charge is 0.0943 e. The highest BCUT2D eigenvalue weighted by Gasteiger charge is 2.33. The van der Waals surface area contributed by atoms with E-state index in [-0.39, 0.29) is 33.0 Å². The second-order valence-corrected chi connectivity index (χ2v) is 5.16. The van der Waals surface area contributed by atoms with Crippen LogP contribution in [0.5, 0.6) is 0 Å². The number of ether oxygens (including phenoxy) is 2. The van der Waals surface area contributed by atoms with Gasteiger partial charge in [-0.25, -0.2) is 9.78 Å². The van der Waals surface area contributed by atoms with Gasteiger partial charge in [-0.3, -0.25) is 10.5 Å². The minimum absolute atomic E-state index is 0.0322. The summed E-state index contributed by atoms with van der Waals surface area (Å²) in [5.41, 5.74) is 0.167. The first kappa shape index (κ1) is 19.0. The van der Waals surface area contributed by atoms with Crippen molar-refractivity contribution >= 4 is 0 Å². The molecule has 3 N–H and O–H groups in total. The van der Waals surface area contributed by atoms with Gasteiger partial charge in [-0.15, -0.1) is 0 Å². The fourth-order valence-corrected chi connectivity index (χ4v) is 1.94. The summed E-state index contributed by atoms with van der Waals surface area (Å²) < 4.78 is 11.1. The molecule has 0 aliphatic heterocycles. The van der Waals surface area contributed by atoms with Crippen molar-refractivity contribution in [2.75, 3.05) is 39.6 Å². The molecule has 0 aromatic heterocycles. The Labute approximate surface area is 129 Å². The molecule has 0 spiro atoms. The fraction of sp³-hybridized carbons (Fsp3) is 0.600. The van der Waals surface area contributed by atoms with Crippen molar-refractivity contribution in [1.82, 2.24) is 0 Å². The van der Waals surface area contributed by atoms with Crippen molar-refractivity contribution < 1.29 is 34.9 Å². The molecule has 0 fully saturated rings. The second kappa shape index (κ2) is 11.5. The molecule has 1 aromatic rings. The highest BCUT2D eigenvalue weighted by molar-refractivity contribution is 5.13. The van der Waals surface area contributed by atoms with Gasteiger partial charge in [-0.2, -0.15) is 0 Å². The summed E-state index contributed by atoms with van der Waals surface area (Å²) in [5, 5.41) is 26.3. The molecule has 7 heteroatoms. The van der Waals surface area contributed by atoms with Gasteiger partial charge in [-0.05, 0) is 12.0 Å². The van der Waals surface area contributed by atoms with Gasteiger partial charge in [0.2, 0.25) is 0 Å². The van der Waals surface area contributed by atoms with Gasteiger partial charge in [-0.1, -0.05) is 30.3 Å². The lowest BCUT2D eigenvalue weighted by Gasteiger charge is -2.30. The first-order valence-electron chi connectivity index (χ1n) is 7.09. The van der Waals surface area contributed by atoms with Crippen LogP contribution in [0, 0.1) is 5.41 Å². The molecule has 0 amide bonds. The Bertz CT molecular complexity index is 365. The molecule has 1 aromatic carbocycles. The minimum atomic E-state index is -0.840. The van der Waals surface area contributed by atoms with Crippen LogP contribution in [-0.2, 0) is 25.9 Å². The highest BCUT2D eigenvalue weighted by Crippen LogP contribution is 2.21. The Balaban J connectivity index is 2.51. The zero-order valence-corrected chi connectivity index (χ0v) is 12.5. The molecular formula is C15H24O7. The second-order valence-electron chi connectivity index (χ2n) is 5.16. The van der Waals surface area contributed by atoms with Gasteiger partial charge in [0, 0.05) is 13.2 Å². The van der Waals surface area contributed by atoms with E-state index in [0.29, 0.717) is 19.6 Å². The van der Waals surface area contributed by atoms with Gasteiger partial charge in [0.15, 0.2) is 0 Å². The van der Waals surface area contributed by atoms with Crippen LogP contribution in [0.25, 0.3) is 0 Å². The first-order valence-corrected chi connectivity index (χ1v) is 7.09. The van der Waals surface area contributed by atoms with Gasteiger partial charge >= 0.3 is 0 Å². The van der Waals surface area contributed by atoms with Crippen molar-refractivity contribution in [1.29, 1.82) is 0 Å². The standard InChI is InChI=1S/C15H24O7/c16-7-4-8-19-10-15(12-21-17,13-22-18)11-20-9-14-5-2-1-3-6-14/h1-3,5-6,16-18H,4,7-13H2. The predicted molar refractivity (Wildman–Crippen MR) is 78.2 cm³/mol. The molecule has 0 radical (unpaired) electrons. The number of aliphatic hydroxyl groups is 1. The van der Waals surface area contributed by atoms with Crippen molar-refractivity contribution in [2.45, 2.75) is 13.0 Å². The number of rotatable bonds is 13. The maximum atomic E-state index is 8.76. The van der Waals surface area contributed by atoms with Crippen LogP contribution in [-0.4, -0.2) is 55.3 Å². The lowest BCUT2D eigenvalue weighted by Crippen LogP contribution is -2.41. The quantitative estimate of drug-likeness (QED) is 0.289. The third-order valence-corrected chi connectivity index (χ3v) is 3.12. The predicted octanol–water partition coefficient (Wildman–Crippen LogP) is 1.57. The number of benzene rings is 1. The molecule has 0 bridgehead atoms. The minimum Gasteiger partial charge on any atom is -0.396 e. The average molecular weight is 316 g/mol. The van der Waals surface area contributed by atoms with Crippen molar-refractivity contribution in [3.63, 3.8) is 0 Å². The summed E-state index contributed by atoms with van der Waals surface area (Å²) in [6.07, 6.45) is 0.501. The molecule has 0 saturated heterocycles. The number of aliphatic hydroxyl groups excluding tert-OH is 1. The zero-order valence-electron chi connectivity index (χ0n) is 12.5. The van der Waals surface area contributed by atoms with Crippen LogP contribution < -0.4 is 0 Å². The molecule has 0 saturated carbocycles. The molecule has 0 aliphatic rings. The molecule has 0 atom stereocenters. The molecule has 1 rings (SSSR count). The van der Waals surface area contributed by atoms with E-state index < -0.39 is 5.41 Å². The van der Waals surface area contributed by atoms with Crippen molar-refractivity contribution in [3.8, 4) is 0 Å². The van der Waals surface area contributed by atoms with E-state index in [1.165, 1.54) is 0 Å². The van der Waals surface area contributed by atoms with Crippen molar-refractivity contribution in [2.24, 2.45) is 5.41 Å². The molecule has 7 nitrogen and oxygen atoms in total. The Hall–Kier alpha value is -1.06. The Morgan fingerprint density at radius 1 is 0.864 bits per heavy atom. The molecular weight excluding hydrogens is 292 g/mol. The Morgan fingerprint density at radius 2 is 1.50 bits per heavy atom. The van der Waals surface area contributed by atoms with Crippen LogP contribution in [0.15, 0.2) is 30.3 Å². The van der Waals surface area contributed by atoms with E-state index in [0.717, 1.165) is 5.56 Å². The summed E-state index contributed by atoms with van der Waals surface area (Å²) in [6, 6.07) is 9.62. The summed E-state index contributed by atoms with van der Waals surface area (Å²) in [7, 11) is 0. The van der Waals surface area contributed by atoms with E-state index >= 15 is 0 Å². The summed E-state index contributed by atoms with van der Waals surface area (Å²) in [6.45, 7) is 0.877. The average Bonchev–Trinajstić information content (AvgIpc) is 2.53. The molecule has 0 heterocycles. The van der Waals surface area contributed by atoms with Gasteiger partial charge in [0.1, 0.15) is 0 Å². The van der Waals surface area contributed by atoms with Crippen LogP contribution in [0.3, 0.4) is 0 Å². The van der Waals surface area contributed by atoms with E-state index in [2.05, 4.69) is 9.78 Å². The van der Waals surface area contributed by atoms with E-state index in [1.54, 1.807) is 0 Å². The van der Waals surface area contributed by atoms with Crippen LogP contribution in [0.1, 0.15) is 12.0 Å². The van der Waals surface area contributed by atoms with Crippen LogP contribution >= 0.6 is 0 Å². The Morgan fingerprint density at radius 3 is 2.09 bits per heavy atom. The van der Waals surface area contributed by atoms with Gasteiger partial charge in [0.05, 0.1) is 38.4 Å². The molecule has 0 unspecified atom stereocenters. The van der Waals surface area contributed by atoms with Crippen LogP contribution in [0.2, 0.25) is 0 Å². The van der Waals surface area contributed by atoms with Crippen LogP contribution in [0.4, 0.5) is 0 Å². The summed E-state index contributed by atoms with van der Waals surface area (Å²) in [5.74, 6) is 0. The van der Waals surface area contributed by atoms with Gasteiger partial charge < -0.3 is 14.6 Å². The molecule has 0 aliphatic carbocycles. The largest absolute Gasteiger partial charge is 0.396 e. The van der Waals surface area contributed by atoms with E-state index in [9.17, 15) is 0 Å². The van der Waals surface area contributed by atoms with Gasteiger partial charge in [0.25, 0.3) is 0 Å². The first-order chi connectivity index (χ1) is 10.8. The fourth-order valence-electron chi connectivity index (χ4n) is 1.94. The third-order valence-electron chi connectivity index (χ3n) is 3.12. The molecule has 22 heavy (non-hydrogen) atoms. The monoisotopic (exact) mass is 316 g/mol. The normalized spacial score (nSPS) is 11.8. The number of hydrogen-bond donors (Lipinski definition) is 3. The lowest BCUT2D eigenvalue weighted by molar-refractivity contribution is -0.311. The molecule has 126 valence electrons. The van der Waals surface area contributed by atoms with E-state index in [4.69, 9.17) is 25.1 Å². The lowest BCUT2D eigenvalue weighted by atomic mass is 9.92. The third kappa shape index (κ3) is 7.28. The highest BCUT2D eigenvalue weighted by atomic mass is 17.1. The maximum Gasteiger partial charge on any atom is 0.0943 e.